The minimum absolute atomic E-state index is 0.419. The third-order valence-electron chi connectivity index (χ3n) is 3.91. The van der Waals surface area contributed by atoms with E-state index in [2.05, 4.69) is 36.3 Å². The van der Waals surface area contributed by atoms with Gasteiger partial charge in [0.15, 0.2) is 22.4 Å². The number of thioether (sulfide) groups is 1. The molecule has 0 fully saturated rings. The third-order valence-corrected chi connectivity index (χ3v) is 4.75. The average Bonchev–Trinajstić information content (AvgIpc) is 3.26. The van der Waals surface area contributed by atoms with Gasteiger partial charge in [0.25, 0.3) is 0 Å². The van der Waals surface area contributed by atoms with E-state index >= 15 is 0 Å². The summed E-state index contributed by atoms with van der Waals surface area (Å²) < 4.78 is 10.9. The van der Waals surface area contributed by atoms with Crippen molar-refractivity contribution in [2.24, 2.45) is 15.2 Å². The van der Waals surface area contributed by atoms with E-state index in [1.165, 1.54) is 18.2 Å². The smallest absolute Gasteiger partial charge is 0.186 e. The van der Waals surface area contributed by atoms with Crippen molar-refractivity contribution in [2.75, 3.05) is 26.5 Å². The standard InChI is InChI=1S/C20H27N7O2S2/c1-6-21-19(30)26-24-13(3)16(25-27-20(31-5)22-7-2)17-18(29-12-23-17)14-8-10-15(28-4)11-9-14/h8-12H,6-7H2,1-5H3,(H,22,27)(H2,21,26,30)/b24-13+,25-16-. The van der Waals surface area contributed by atoms with Crippen molar-refractivity contribution < 1.29 is 9.15 Å². The maximum atomic E-state index is 5.69. The van der Waals surface area contributed by atoms with Crippen molar-refractivity contribution in [2.45, 2.75) is 20.8 Å². The molecule has 0 aliphatic heterocycles. The van der Waals surface area contributed by atoms with E-state index in [0.29, 0.717) is 46.2 Å². The second-order valence-corrected chi connectivity index (χ2v) is 7.19. The van der Waals surface area contributed by atoms with Crippen LogP contribution in [0.25, 0.3) is 11.3 Å². The van der Waals surface area contributed by atoms with E-state index in [9.17, 15) is 0 Å². The maximum absolute atomic E-state index is 5.69. The first-order chi connectivity index (χ1) is 15.0. The Labute approximate surface area is 191 Å². The Morgan fingerprint density at radius 3 is 2.55 bits per heavy atom. The minimum atomic E-state index is 0.419. The largest absolute Gasteiger partial charge is 0.497 e. The van der Waals surface area contributed by atoms with Crippen LogP contribution in [0.4, 0.5) is 0 Å². The molecule has 31 heavy (non-hydrogen) atoms. The van der Waals surface area contributed by atoms with Crippen LogP contribution < -0.4 is 20.9 Å². The number of hydrogen-bond donors (Lipinski definition) is 3. The normalized spacial score (nSPS) is 12.5. The van der Waals surface area contributed by atoms with Gasteiger partial charge in [0.1, 0.15) is 17.2 Å². The van der Waals surface area contributed by atoms with Gasteiger partial charge in [-0.25, -0.2) is 4.98 Å². The molecule has 9 nitrogen and oxygen atoms in total. The van der Waals surface area contributed by atoms with E-state index in [-0.39, 0.29) is 0 Å². The molecule has 0 unspecified atom stereocenters. The molecule has 0 atom stereocenters. The first kappa shape index (κ1) is 24.4. The van der Waals surface area contributed by atoms with Crippen molar-refractivity contribution >= 4 is 45.7 Å². The zero-order valence-corrected chi connectivity index (χ0v) is 19.9. The van der Waals surface area contributed by atoms with Crippen molar-refractivity contribution in [3.8, 4) is 17.1 Å². The fourth-order valence-electron chi connectivity index (χ4n) is 2.45. The molecule has 166 valence electrons. The van der Waals surface area contributed by atoms with Gasteiger partial charge in [-0.1, -0.05) is 11.8 Å². The summed E-state index contributed by atoms with van der Waals surface area (Å²) in [4.78, 5) is 8.77. The van der Waals surface area contributed by atoms with E-state index < -0.39 is 0 Å². The van der Waals surface area contributed by atoms with Crippen LogP contribution in [0.5, 0.6) is 5.75 Å². The van der Waals surface area contributed by atoms with Crippen molar-refractivity contribution in [3.05, 3.63) is 36.4 Å². The van der Waals surface area contributed by atoms with Crippen LogP contribution in [0, 0.1) is 0 Å². The zero-order chi connectivity index (χ0) is 22.6. The second kappa shape index (κ2) is 12.7. The van der Waals surface area contributed by atoms with Crippen LogP contribution >= 0.6 is 24.0 Å². The lowest BCUT2D eigenvalue weighted by atomic mass is 10.1. The van der Waals surface area contributed by atoms with Crippen LogP contribution in [-0.2, 0) is 0 Å². The summed E-state index contributed by atoms with van der Waals surface area (Å²) in [5, 5.41) is 13.0. The highest BCUT2D eigenvalue weighted by Gasteiger charge is 2.20. The number of aromatic nitrogens is 1. The van der Waals surface area contributed by atoms with Gasteiger partial charge in [-0.3, -0.25) is 15.8 Å². The summed E-state index contributed by atoms with van der Waals surface area (Å²) in [7, 11) is 1.62. The summed E-state index contributed by atoms with van der Waals surface area (Å²) in [5.41, 5.74) is 8.23. The summed E-state index contributed by atoms with van der Waals surface area (Å²) in [5.74, 6) is 1.31. The van der Waals surface area contributed by atoms with Gasteiger partial charge in [-0.15, -0.1) is 0 Å². The molecule has 1 aromatic heterocycles. The Balaban J connectivity index is 2.45. The summed E-state index contributed by atoms with van der Waals surface area (Å²) in [6.07, 6.45) is 3.30. The number of benzene rings is 1. The third kappa shape index (κ3) is 7.07. The molecule has 0 aliphatic rings. The van der Waals surface area contributed by atoms with Crippen LogP contribution in [-0.4, -0.2) is 53.1 Å². The summed E-state index contributed by atoms with van der Waals surface area (Å²) >= 11 is 6.65. The second-order valence-electron chi connectivity index (χ2n) is 5.98. The van der Waals surface area contributed by atoms with Crippen molar-refractivity contribution in [3.63, 3.8) is 0 Å². The number of ether oxygens (including phenoxy) is 1. The number of hydrazone groups is 2. The van der Waals surface area contributed by atoms with E-state index in [1.54, 1.807) is 7.11 Å². The SMILES string of the molecule is CCN=C(N/N=C(/C(C)=N/NC(=S)NCC)c1ncoc1-c1ccc(OC)cc1)SC. The highest BCUT2D eigenvalue weighted by molar-refractivity contribution is 8.13. The highest BCUT2D eigenvalue weighted by atomic mass is 32.2. The maximum Gasteiger partial charge on any atom is 0.186 e. The number of nitrogens with one attached hydrogen (secondary N) is 3. The molecule has 1 heterocycles. The molecule has 11 heteroatoms. The van der Waals surface area contributed by atoms with Gasteiger partial charge in [-0.2, -0.15) is 10.2 Å². The predicted molar refractivity (Wildman–Crippen MR) is 132 cm³/mol. The minimum Gasteiger partial charge on any atom is -0.497 e. The van der Waals surface area contributed by atoms with E-state index in [0.717, 1.165) is 11.3 Å². The molecule has 0 amide bonds. The number of oxazole rings is 1. The molecule has 3 N–H and O–H groups in total. The van der Waals surface area contributed by atoms with Crippen LogP contribution in [0.15, 0.2) is 50.3 Å². The summed E-state index contributed by atoms with van der Waals surface area (Å²) in [6, 6.07) is 7.50. The number of aliphatic imine (C=N–C) groups is 1. The Morgan fingerprint density at radius 1 is 1.19 bits per heavy atom. The number of amidine groups is 1. The number of thiocarbonyl (C=S) groups is 1. The van der Waals surface area contributed by atoms with Crippen LogP contribution in [0.2, 0.25) is 0 Å². The lowest BCUT2D eigenvalue weighted by molar-refractivity contribution is 0.415. The average molecular weight is 462 g/mol. The topological polar surface area (TPSA) is 108 Å². The lowest BCUT2D eigenvalue weighted by Gasteiger charge is -2.09. The first-order valence-corrected chi connectivity index (χ1v) is 11.3. The molecule has 0 aliphatic carbocycles. The highest BCUT2D eigenvalue weighted by Crippen LogP contribution is 2.26. The number of nitrogens with zero attached hydrogens (tertiary/aromatic N) is 4. The van der Waals surface area contributed by atoms with Crippen LogP contribution in [0.3, 0.4) is 0 Å². The van der Waals surface area contributed by atoms with Gasteiger partial charge in [0.05, 0.1) is 12.8 Å². The molecule has 0 saturated carbocycles. The van der Waals surface area contributed by atoms with Gasteiger partial charge in [-0.05, 0) is 63.5 Å². The van der Waals surface area contributed by atoms with Crippen LogP contribution in [0.1, 0.15) is 26.5 Å². The van der Waals surface area contributed by atoms with Crippen molar-refractivity contribution in [1.82, 2.24) is 21.2 Å². The molecule has 1 aromatic carbocycles. The fourth-order valence-corrected chi connectivity index (χ4v) is 3.03. The van der Waals surface area contributed by atoms with Gasteiger partial charge < -0.3 is 14.5 Å². The Hall–Kier alpha value is -2.92. The predicted octanol–water partition coefficient (Wildman–Crippen LogP) is 3.24. The van der Waals surface area contributed by atoms with Gasteiger partial charge in [0, 0.05) is 18.7 Å². The Kier molecular flexibility index (Phi) is 9.98. The Bertz CT molecular complexity index is 953. The summed E-state index contributed by atoms with van der Waals surface area (Å²) in [6.45, 7) is 7.05. The molecule has 2 rings (SSSR count). The quantitative estimate of drug-likeness (QED) is 0.238. The molecule has 0 spiro atoms. The lowest BCUT2D eigenvalue weighted by Crippen LogP contribution is -2.33. The first-order valence-electron chi connectivity index (χ1n) is 9.62. The van der Waals surface area contributed by atoms with Gasteiger partial charge in [0.2, 0.25) is 0 Å². The monoisotopic (exact) mass is 461 g/mol. The number of hydrogen-bond acceptors (Lipinski definition) is 8. The number of rotatable bonds is 8. The number of methoxy groups -OCH3 is 1. The molecular formula is C20H27N7O2S2. The Morgan fingerprint density at radius 2 is 1.94 bits per heavy atom. The molecule has 0 saturated heterocycles. The molecule has 0 radical (unpaired) electrons. The molecular weight excluding hydrogens is 434 g/mol. The van der Waals surface area contributed by atoms with E-state index in [1.807, 2.05) is 51.3 Å². The van der Waals surface area contributed by atoms with Crippen molar-refractivity contribution in [1.29, 1.82) is 0 Å². The molecule has 0 bridgehead atoms. The van der Waals surface area contributed by atoms with E-state index in [4.69, 9.17) is 21.4 Å². The zero-order valence-electron chi connectivity index (χ0n) is 18.2. The molecule has 2 aromatic rings. The fraction of sp³-hybridized carbons (Fsp3) is 0.350. The van der Waals surface area contributed by atoms with Gasteiger partial charge >= 0.3 is 0 Å².